The van der Waals surface area contributed by atoms with E-state index in [9.17, 15) is 19.5 Å². The van der Waals surface area contributed by atoms with Crippen LogP contribution in [0.5, 0.6) is 0 Å². The molecule has 136 valence electrons. The molecule has 8 heteroatoms. The number of ether oxygens (including phenoxy) is 2. The molecule has 2 amide bonds. The number of hydrogen-bond acceptors (Lipinski definition) is 6. The molecule has 0 heterocycles. The third-order valence-corrected chi connectivity index (χ3v) is 3.22. The van der Waals surface area contributed by atoms with E-state index >= 15 is 0 Å². The summed E-state index contributed by atoms with van der Waals surface area (Å²) in [7, 11) is 0. The van der Waals surface area contributed by atoms with E-state index in [1.165, 1.54) is 13.0 Å². The molecule has 0 saturated carbocycles. The lowest BCUT2D eigenvalue weighted by atomic mass is 9.88. The zero-order chi connectivity index (χ0) is 18.5. The average Bonchev–Trinajstić information content (AvgIpc) is 2.40. The van der Waals surface area contributed by atoms with E-state index in [4.69, 9.17) is 9.47 Å². The second kappa shape index (κ2) is 8.14. The summed E-state index contributed by atoms with van der Waals surface area (Å²) in [5, 5.41) is 15.4. The van der Waals surface area contributed by atoms with Crippen LogP contribution in [-0.2, 0) is 19.1 Å². The fourth-order valence-corrected chi connectivity index (χ4v) is 2.38. The Kier molecular flexibility index (Phi) is 6.77. The Morgan fingerprint density at radius 3 is 2.42 bits per heavy atom. The second-order valence-electron chi connectivity index (χ2n) is 6.59. The predicted molar refractivity (Wildman–Crippen MR) is 86.1 cm³/mol. The summed E-state index contributed by atoms with van der Waals surface area (Å²) in [4.78, 5) is 35.3. The molecule has 3 N–H and O–H groups in total. The molecule has 0 unspecified atom stereocenters. The molecule has 0 aromatic heterocycles. The number of rotatable bonds is 4. The van der Waals surface area contributed by atoms with Gasteiger partial charge in [0, 0.05) is 18.9 Å². The summed E-state index contributed by atoms with van der Waals surface area (Å²) in [5.41, 5.74) is -0.451. The number of aliphatic hydroxyl groups is 1. The zero-order valence-corrected chi connectivity index (χ0v) is 14.7. The van der Waals surface area contributed by atoms with Crippen LogP contribution >= 0.6 is 0 Å². The minimum atomic E-state index is -1.14. The van der Waals surface area contributed by atoms with Crippen molar-refractivity contribution in [2.45, 2.75) is 64.8 Å². The topological polar surface area (TPSA) is 114 Å². The summed E-state index contributed by atoms with van der Waals surface area (Å²) in [6, 6.07) is -1.48. The Bertz CT molecular complexity index is 523. The van der Waals surface area contributed by atoms with Gasteiger partial charge in [0.15, 0.2) is 0 Å². The molecule has 0 saturated heterocycles. The van der Waals surface area contributed by atoms with Crippen LogP contribution in [0.4, 0.5) is 4.79 Å². The number of carbonyl (C=O) groups is 3. The van der Waals surface area contributed by atoms with Gasteiger partial charge in [-0.15, -0.1) is 0 Å². The van der Waals surface area contributed by atoms with E-state index in [0.29, 0.717) is 0 Å². The van der Waals surface area contributed by atoms with E-state index in [1.54, 1.807) is 27.7 Å². The molecule has 0 spiro atoms. The lowest BCUT2D eigenvalue weighted by molar-refractivity contribution is -0.139. The van der Waals surface area contributed by atoms with Crippen molar-refractivity contribution in [1.29, 1.82) is 0 Å². The van der Waals surface area contributed by atoms with Gasteiger partial charge in [-0.2, -0.15) is 0 Å². The minimum Gasteiger partial charge on any atom is -0.463 e. The molecule has 8 nitrogen and oxygen atoms in total. The molecule has 1 aliphatic rings. The first kappa shape index (κ1) is 20.0. The highest BCUT2D eigenvalue weighted by molar-refractivity contribution is 5.89. The summed E-state index contributed by atoms with van der Waals surface area (Å²) in [6.07, 6.45) is -0.381. The van der Waals surface area contributed by atoms with Crippen LogP contribution in [0.1, 0.15) is 41.0 Å². The Morgan fingerprint density at radius 1 is 1.29 bits per heavy atom. The van der Waals surface area contributed by atoms with Gasteiger partial charge in [-0.25, -0.2) is 9.59 Å². The zero-order valence-electron chi connectivity index (χ0n) is 14.7. The largest absolute Gasteiger partial charge is 0.463 e. The number of carbonyl (C=O) groups excluding carboxylic acids is 3. The van der Waals surface area contributed by atoms with Gasteiger partial charge in [-0.3, -0.25) is 4.79 Å². The fraction of sp³-hybridized carbons (Fsp3) is 0.688. The second-order valence-corrected chi connectivity index (χ2v) is 6.59. The predicted octanol–water partition coefficient (Wildman–Crippen LogP) is 0.638. The maximum atomic E-state index is 12.0. The van der Waals surface area contributed by atoms with Gasteiger partial charge in [-0.05, 0) is 33.8 Å². The fourth-order valence-electron chi connectivity index (χ4n) is 2.38. The Labute approximate surface area is 141 Å². The first-order valence-corrected chi connectivity index (χ1v) is 7.86. The highest BCUT2D eigenvalue weighted by Gasteiger charge is 2.37. The van der Waals surface area contributed by atoms with Crippen molar-refractivity contribution >= 4 is 18.0 Å². The maximum absolute atomic E-state index is 12.0. The average molecular weight is 342 g/mol. The molecule has 3 atom stereocenters. The molecular formula is C16H26N2O6. The Hall–Kier alpha value is -2.09. The first-order valence-electron chi connectivity index (χ1n) is 7.86. The smallest absolute Gasteiger partial charge is 0.407 e. The van der Waals surface area contributed by atoms with E-state index in [-0.39, 0.29) is 24.5 Å². The van der Waals surface area contributed by atoms with Gasteiger partial charge in [0.05, 0.1) is 24.8 Å². The molecule has 0 bridgehead atoms. The van der Waals surface area contributed by atoms with E-state index in [0.717, 1.165) is 0 Å². The van der Waals surface area contributed by atoms with Gasteiger partial charge in [-0.1, -0.05) is 0 Å². The van der Waals surface area contributed by atoms with Crippen LogP contribution in [0.2, 0.25) is 0 Å². The van der Waals surface area contributed by atoms with Gasteiger partial charge < -0.3 is 25.2 Å². The molecule has 0 fully saturated rings. The SMILES string of the molecule is CCOC(=O)C1=C[C@@H](O)[C@H](NC(C)=O)[C@@H](NC(=O)OC(C)(C)C)C1. The number of nitrogens with one attached hydrogen (secondary N) is 2. The van der Waals surface area contributed by atoms with Crippen molar-refractivity contribution in [2.75, 3.05) is 6.61 Å². The van der Waals surface area contributed by atoms with Gasteiger partial charge in [0.2, 0.25) is 5.91 Å². The normalized spacial score (nSPS) is 23.8. The number of alkyl carbamates (subject to hydrolysis) is 1. The Balaban J connectivity index is 2.94. The van der Waals surface area contributed by atoms with Crippen molar-refractivity contribution in [1.82, 2.24) is 10.6 Å². The first-order chi connectivity index (χ1) is 11.0. The number of esters is 1. The van der Waals surface area contributed by atoms with Gasteiger partial charge in [0.25, 0.3) is 0 Å². The molecule has 24 heavy (non-hydrogen) atoms. The van der Waals surface area contributed by atoms with Crippen LogP contribution in [0.3, 0.4) is 0 Å². The lowest BCUT2D eigenvalue weighted by Gasteiger charge is -2.35. The molecule has 1 aliphatic carbocycles. The number of amides is 2. The van der Waals surface area contributed by atoms with Crippen molar-refractivity contribution in [3.63, 3.8) is 0 Å². The summed E-state index contributed by atoms with van der Waals surface area (Å²) in [6.45, 7) is 8.34. The van der Waals surface area contributed by atoms with Crippen LogP contribution in [0.25, 0.3) is 0 Å². The number of hydrogen-bond donors (Lipinski definition) is 3. The van der Waals surface area contributed by atoms with Crippen molar-refractivity contribution in [2.24, 2.45) is 0 Å². The van der Waals surface area contributed by atoms with Crippen molar-refractivity contribution in [3.05, 3.63) is 11.6 Å². The molecule has 0 aliphatic heterocycles. The van der Waals surface area contributed by atoms with Gasteiger partial charge in [0.1, 0.15) is 5.60 Å². The molecule has 1 rings (SSSR count). The van der Waals surface area contributed by atoms with Crippen molar-refractivity contribution < 1.29 is 29.0 Å². The molecule has 0 radical (unpaired) electrons. The monoisotopic (exact) mass is 342 g/mol. The van der Waals surface area contributed by atoms with Crippen LogP contribution in [0.15, 0.2) is 11.6 Å². The summed E-state index contributed by atoms with van der Waals surface area (Å²) in [5.74, 6) is -0.920. The highest BCUT2D eigenvalue weighted by atomic mass is 16.6. The third-order valence-electron chi connectivity index (χ3n) is 3.22. The molecular weight excluding hydrogens is 316 g/mol. The third kappa shape index (κ3) is 6.19. The molecule has 0 aromatic carbocycles. The standard InChI is InChI=1S/C16H26N2O6/c1-6-23-14(21)10-7-11(18-15(22)24-16(3,4)5)13(12(20)8-10)17-9(2)19/h8,11-13,20H,6-7H2,1-5H3,(H,17,19)(H,18,22)/t11-,12+,13+/m0/s1. The van der Waals surface area contributed by atoms with Crippen molar-refractivity contribution in [3.8, 4) is 0 Å². The van der Waals surface area contributed by atoms with E-state index < -0.39 is 35.9 Å². The van der Waals surface area contributed by atoms with E-state index in [1.807, 2.05) is 0 Å². The number of aliphatic hydroxyl groups excluding tert-OH is 1. The highest BCUT2D eigenvalue weighted by Crippen LogP contribution is 2.21. The lowest BCUT2D eigenvalue weighted by Crippen LogP contribution is -2.59. The minimum absolute atomic E-state index is 0.111. The molecule has 0 aromatic rings. The summed E-state index contributed by atoms with van der Waals surface area (Å²) < 4.78 is 10.1. The van der Waals surface area contributed by atoms with Gasteiger partial charge >= 0.3 is 12.1 Å². The van der Waals surface area contributed by atoms with E-state index in [2.05, 4.69) is 10.6 Å². The summed E-state index contributed by atoms with van der Waals surface area (Å²) >= 11 is 0. The van der Waals surface area contributed by atoms with Crippen LogP contribution < -0.4 is 10.6 Å². The maximum Gasteiger partial charge on any atom is 0.407 e. The van der Waals surface area contributed by atoms with Crippen LogP contribution in [0, 0.1) is 0 Å². The Morgan fingerprint density at radius 2 is 1.92 bits per heavy atom. The quantitative estimate of drug-likeness (QED) is 0.646. The van der Waals surface area contributed by atoms with Crippen LogP contribution in [-0.4, -0.2) is 53.5 Å².